The minimum absolute atomic E-state index is 0.948. The Morgan fingerprint density at radius 1 is 0.457 bits per heavy atom. The summed E-state index contributed by atoms with van der Waals surface area (Å²) in [4.78, 5) is 0. The molecule has 0 fully saturated rings. The van der Waals surface area contributed by atoms with Gasteiger partial charge in [0.2, 0.25) is 0 Å². The Bertz CT molecular complexity index is 1750. The van der Waals surface area contributed by atoms with Gasteiger partial charge in [-0.2, -0.15) is 0 Å². The van der Waals surface area contributed by atoms with Crippen molar-refractivity contribution in [2.45, 2.75) is 69.1 Å². The van der Waals surface area contributed by atoms with Crippen molar-refractivity contribution in [3.05, 3.63) is 123 Å². The molecule has 0 radical (unpaired) electrons. The van der Waals surface area contributed by atoms with Crippen LogP contribution in [0.15, 0.2) is 73.2 Å². The molecule has 0 aliphatic carbocycles. The summed E-state index contributed by atoms with van der Waals surface area (Å²) in [7, 11) is 4.20. The number of nitrogens with zero attached hydrogens (tertiary/aromatic N) is 6. The molecule has 0 bridgehead atoms. The van der Waals surface area contributed by atoms with Crippen molar-refractivity contribution in [1.82, 2.24) is 29.1 Å². The maximum absolute atomic E-state index is 5.24. The van der Waals surface area contributed by atoms with E-state index in [0.717, 1.165) is 17.1 Å². The summed E-state index contributed by atoms with van der Waals surface area (Å²) >= 11 is 3.66. The van der Waals surface area contributed by atoms with Crippen LogP contribution < -0.4 is 0 Å². The van der Waals surface area contributed by atoms with Crippen LogP contribution in [0.25, 0.3) is 33.8 Å². The standard InChI is InChI=1S/C37H42BN6.ClH.Cu/c1-23-17-26(4)35(27(5)18-23)32-11-14-42(39-32)38(10,43-15-12-33(40-43)36-28(6)19-24(2)20-29(36)7)44-16-13-34(41-44)37-30(8)21-25(3)22-31(37)9;;/h11-22H,1-10H3;1H;/q-1;;+2/p-1. The molecule has 0 N–H and O–H groups in total. The monoisotopic (exact) mass is 679 g/mol. The number of benzene rings is 3. The minimum atomic E-state index is -1.82. The van der Waals surface area contributed by atoms with Crippen molar-refractivity contribution >= 4 is 16.6 Å². The fraction of sp³-hybridized carbons (Fsp3) is 0.270. The van der Waals surface area contributed by atoms with Crippen LogP contribution in [-0.4, -0.2) is 35.6 Å². The zero-order chi connectivity index (χ0) is 33.5. The van der Waals surface area contributed by atoms with Gasteiger partial charge in [0.25, 0.3) is 0 Å². The molecule has 46 heavy (non-hydrogen) atoms. The zero-order valence-electron chi connectivity index (χ0n) is 28.4. The number of rotatable bonds is 6. The Morgan fingerprint density at radius 2 is 0.674 bits per heavy atom. The first-order valence-electron chi connectivity index (χ1n) is 15.6. The van der Waals surface area contributed by atoms with Crippen LogP contribution in [0.3, 0.4) is 0 Å². The average molecular weight is 681 g/mol. The quantitative estimate of drug-likeness (QED) is 0.165. The van der Waals surface area contributed by atoms with Crippen molar-refractivity contribution in [1.29, 1.82) is 0 Å². The molecule has 0 unspecified atom stereocenters. The van der Waals surface area contributed by atoms with E-state index >= 15 is 0 Å². The van der Waals surface area contributed by atoms with E-state index in [-0.39, 0.29) is 0 Å². The summed E-state index contributed by atoms with van der Waals surface area (Å²) in [5, 5.41) is 15.7. The third-order valence-corrected chi connectivity index (χ3v) is 9.13. The van der Waals surface area contributed by atoms with E-state index in [4.69, 9.17) is 15.3 Å². The molecule has 6 nitrogen and oxygen atoms in total. The Hall–Kier alpha value is -3.84. The van der Waals surface area contributed by atoms with Crippen LogP contribution in [-0.2, 0) is 15.1 Å². The molecule has 0 saturated heterocycles. The zero-order valence-corrected chi connectivity index (χ0v) is 30.1. The van der Waals surface area contributed by atoms with Gasteiger partial charge in [0.05, 0.1) is 17.1 Å². The molecule has 9 heteroatoms. The van der Waals surface area contributed by atoms with Crippen molar-refractivity contribution in [2.24, 2.45) is 0 Å². The first kappa shape index (κ1) is 33.5. The van der Waals surface area contributed by atoms with Gasteiger partial charge in [-0.1, -0.05) is 53.1 Å². The van der Waals surface area contributed by atoms with E-state index in [9.17, 15) is 0 Å². The van der Waals surface area contributed by atoms with Gasteiger partial charge >= 0.3 is 31.7 Å². The molecule has 3 aromatic heterocycles. The Morgan fingerprint density at radius 3 is 0.891 bits per heavy atom. The molecule has 3 heterocycles. The molecule has 6 rings (SSSR count). The first-order valence-corrected chi connectivity index (χ1v) is 16.9. The number of hydrogen-bond donors (Lipinski definition) is 0. The average Bonchev–Trinajstić information content (AvgIpc) is 3.75. The van der Waals surface area contributed by atoms with E-state index in [0.29, 0.717) is 0 Å². The van der Waals surface area contributed by atoms with E-state index < -0.39 is 6.55 Å². The molecule has 0 amide bonds. The summed E-state index contributed by atoms with van der Waals surface area (Å²) in [5.74, 6) is 0. The fourth-order valence-corrected chi connectivity index (χ4v) is 7.35. The van der Waals surface area contributed by atoms with Crippen LogP contribution in [0.2, 0.25) is 6.82 Å². The molecule has 0 aliphatic rings. The van der Waals surface area contributed by atoms with Crippen molar-refractivity contribution in [3.8, 4) is 33.8 Å². The van der Waals surface area contributed by atoms with Crippen LogP contribution >= 0.6 is 10.1 Å². The van der Waals surface area contributed by atoms with E-state index in [1.807, 2.05) is 13.8 Å². The SMILES string of the molecule is Cc1cc(C)c(-c2ccn([B-](C)(n3ccc(-c4c(C)cc(C)cc4C)n3)n3ccc(-c4c(C)cc(C)cc4C)n3)n2)c(C)c1.[Cl][Cu+]. The van der Waals surface area contributed by atoms with Gasteiger partial charge in [-0.05, 0) is 132 Å². The molecule has 0 aliphatic heterocycles. The molecular weight excluding hydrogens is 638 g/mol. The molecule has 0 atom stereocenters. The molecule has 0 saturated carbocycles. The second-order valence-corrected chi connectivity index (χ2v) is 13.0. The van der Waals surface area contributed by atoms with Crippen LogP contribution in [0.5, 0.6) is 0 Å². The molecule has 3 aromatic carbocycles. The summed E-state index contributed by atoms with van der Waals surface area (Å²) in [6, 6.07) is 19.7. The maximum atomic E-state index is 5.24. The predicted molar refractivity (Wildman–Crippen MR) is 189 cm³/mol. The number of aromatic nitrogens is 6. The van der Waals surface area contributed by atoms with Crippen molar-refractivity contribution < 1.29 is 15.1 Å². The molecular formula is C37H42BClCuN6. The van der Waals surface area contributed by atoms with E-state index in [1.54, 1.807) is 0 Å². The molecule has 6 aromatic rings. The van der Waals surface area contributed by atoms with E-state index in [1.165, 1.54) is 66.8 Å². The normalized spacial score (nSPS) is 11.5. The number of aryl methyl sites for hydroxylation is 9. The number of hydrogen-bond acceptors (Lipinski definition) is 3. The molecule has 241 valence electrons. The van der Waals surface area contributed by atoms with E-state index in [2.05, 4.69) is 168 Å². The topological polar surface area (TPSA) is 53.5 Å². The second kappa shape index (κ2) is 13.1. The Balaban J connectivity index is 0.00000204. The summed E-state index contributed by atoms with van der Waals surface area (Å²) in [5.41, 5.74) is 17.5. The van der Waals surface area contributed by atoms with Crippen LogP contribution in [0, 0.1) is 62.3 Å². The molecule has 0 spiro atoms. The summed E-state index contributed by atoms with van der Waals surface area (Å²) < 4.78 is 6.14. The van der Waals surface area contributed by atoms with Crippen LogP contribution in [0.1, 0.15) is 50.1 Å². The van der Waals surface area contributed by atoms with Gasteiger partial charge in [0.15, 0.2) is 0 Å². The first-order chi connectivity index (χ1) is 21.9. The summed E-state index contributed by atoms with van der Waals surface area (Å²) in [6.45, 7) is 19.8. The van der Waals surface area contributed by atoms with Gasteiger partial charge in [0, 0.05) is 16.7 Å². The second-order valence-electron chi connectivity index (χ2n) is 13.0. The van der Waals surface area contributed by atoms with Crippen LogP contribution in [0.4, 0.5) is 0 Å². The van der Waals surface area contributed by atoms with Gasteiger partial charge < -0.3 is 13.8 Å². The van der Waals surface area contributed by atoms with Crippen molar-refractivity contribution in [2.75, 3.05) is 0 Å². The Kier molecular flexibility index (Phi) is 9.56. The Labute approximate surface area is 285 Å². The van der Waals surface area contributed by atoms with Gasteiger partial charge in [-0.25, -0.2) is 15.3 Å². The van der Waals surface area contributed by atoms with Gasteiger partial charge in [-0.15, -0.1) is 6.82 Å². The third kappa shape index (κ3) is 6.02. The summed E-state index contributed by atoms with van der Waals surface area (Å²) in [6.07, 6.45) is 6.21. The van der Waals surface area contributed by atoms with Gasteiger partial charge in [0.1, 0.15) is 0 Å². The third-order valence-electron chi connectivity index (χ3n) is 9.13. The fourth-order valence-electron chi connectivity index (χ4n) is 7.35. The number of halogens is 1. The van der Waals surface area contributed by atoms with Crippen molar-refractivity contribution in [3.63, 3.8) is 0 Å². The van der Waals surface area contributed by atoms with Gasteiger partial charge in [-0.3, -0.25) is 0 Å². The predicted octanol–water partition coefficient (Wildman–Crippen LogP) is 9.25.